The summed E-state index contributed by atoms with van der Waals surface area (Å²) < 4.78 is 22.3. The van der Waals surface area contributed by atoms with Gasteiger partial charge in [-0.1, -0.05) is 17.9 Å². The molecule has 2 atom stereocenters. The van der Waals surface area contributed by atoms with Gasteiger partial charge in [-0.05, 0) is 26.3 Å². The van der Waals surface area contributed by atoms with E-state index in [0.29, 0.717) is 19.1 Å². The molecule has 0 spiro atoms. The Morgan fingerprint density at radius 3 is 2.47 bits per heavy atom. The predicted octanol–water partition coefficient (Wildman–Crippen LogP) is 3.44. The second kappa shape index (κ2) is 7.24. The average Bonchev–Trinajstić information content (AvgIpc) is 2.95. The van der Waals surface area contributed by atoms with Gasteiger partial charge in [-0.25, -0.2) is 0 Å². The second-order valence-electron chi connectivity index (χ2n) is 3.68. The molecular weight excluding hydrogens is 259 g/mol. The molecule has 0 amide bonds. The number of hydrogen-bond acceptors (Lipinski definition) is 3. The monoisotopic (exact) mass is 276 g/mol. The minimum Gasteiger partial charge on any atom is -0.309 e. The Bertz CT molecular complexity index is 360. The molecule has 17 heavy (non-hydrogen) atoms. The smallest absolute Gasteiger partial charge is 0.309 e. The van der Waals surface area contributed by atoms with Crippen molar-refractivity contribution in [2.45, 2.75) is 25.6 Å². The van der Waals surface area contributed by atoms with Crippen molar-refractivity contribution in [1.29, 1.82) is 0 Å². The zero-order valence-corrected chi connectivity index (χ0v) is 11.8. The molecule has 3 nitrogen and oxygen atoms in total. The van der Waals surface area contributed by atoms with Gasteiger partial charge in [0.1, 0.15) is 0 Å². The predicted molar refractivity (Wildman–Crippen MR) is 70.4 cm³/mol. The molecule has 0 aliphatic heterocycles. The van der Waals surface area contributed by atoms with Crippen molar-refractivity contribution in [1.82, 2.24) is 0 Å². The van der Waals surface area contributed by atoms with E-state index in [1.807, 2.05) is 0 Å². The Morgan fingerprint density at radius 2 is 2.00 bits per heavy atom. The van der Waals surface area contributed by atoms with Gasteiger partial charge in [-0.2, -0.15) is 0 Å². The van der Waals surface area contributed by atoms with Crippen LogP contribution in [0.3, 0.4) is 0 Å². The molecule has 1 rings (SSSR count). The summed E-state index contributed by atoms with van der Waals surface area (Å²) in [6, 6.07) is 0. The van der Waals surface area contributed by atoms with Crippen LogP contribution in [0.2, 0.25) is 0 Å². The lowest BCUT2D eigenvalue weighted by Gasteiger charge is -2.14. The minimum absolute atomic E-state index is 0.217. The van der Waals surface area contributed by atoms with E-state index in [2.05, 4.69) is 11.8 Å². The highest BCUT2D eigenvalue weighted by atomic mass is 35.5. The van der Waals surface area contributed by atoms with Gasteiger partial charge in [-0.15, -0.1) is 11.6 Å². The molecule has 0 unspecified atom stereocenters. The minimum atomic E-state index is -2.96. The van der Waals surface area contributed by atoms with E-state index in [0.717, 1.165) is 6.42 Å². The summed E-state index contributed by atoms with van der Waals surface area (Å²) in [5.74, 6) is 6.23. The van der Waals surface area contributed by atoms with Crippen LogP contribution in [0.1, 0.15) is 20.3 Å². The molecule has 1 saturated carbocycles. The first kappa shape index (κ1) is 14.8. The summed E-state index contributed by atoms with van der Waals surface area (Å²) in [6.45, 7) is 4.35. The van der Waals surface area contributed by atoms with Gasteiger partial charge in [0.2, 0.25) is 0 Å². The van der Waals surface area contributed by atoms with Crippen molar-refractivity contribution >= 4 is 19.2 Å². The van der Waals surface area contributed by atoms with Crippen LogP contribution < -0.4 is 0 Å². The van der Waals surface area contributed by atoms with Crippen LogP contribution in [-0.4, -0.2) is 24.8 Å². The summed E-state index contributed by atoms with van der Waals surface area (Å²) in [4.78, 5) is 0. The van der Waals surface area contributed by atoms with Crippen LogP contribution in [0.15, 0.2) is 12.2 Å². The summed E-state index contributed by atoms with van der Waals surface area (Å²) in [5, 5.41) is 0.217. The van der Waals surface area contributed by atoms with Crippen molar-refractivity contribution in [2.24, 2.45) is 5.92 Å². The van der Waals surface area contributed by atoms with E-state index < -0.39 is 7.60 Å². The largest absolute Gasteiger partial charge is 0.334 e. The molecule has 0 aromatic rings. The maximum absolute atomic E-state index is 12.0. The molecule has 1 fully saturated rings. The van der Waals surface area contributed by atoms with Gasteiger partial charge in [0.25, 0.3) is 0 Å². The highest BCUT2D eigenvalue weighted by molar-refractivity contribution is 7.54. The first-order valence-electron chi connectivity index (χ1n) is 5.79. The van der Waals surface area contributed by atoms with Crippen LogP contribution in [0.5, 0.6) is 0 Å². The Kier molecular flexibility index (Phi) is 6.30. The average molecular weight is 277 g/mol. The quantitative estimate of drug-likeness (QED) is 0.423. The molecule has 0 radical (unpaired) electrons. The van der Waals surface area contributed by atoms with Gasteiger partial charge < -0.3 is 9.05 Å². The fraction of sp³-hybridized carbons (Fsp3) is 0.667. The van der Waals surface area contributed by atoms with Crippen molar-refractivity contribution in [3.8, 4) is 11.8 Å². The first-order valence-corrected chi connectivity index (χ1v) is 7.96. The maximum atomic E-state index is 12.0. The normalized spacial score (nSPS) is 23.5. The number of hydrogen-bond donors (Lipinski definition) is 0. The van der Waals surface area contributed by atoms with E-state index in [-0.39, 0.29) is 11.5 Å². The lowest BCUT2D eigenvalue weighted by atomic mass is 10.4. The topological polar surface area (TPSA) is 35.5 Å². The van der Waals surface area contributed by atoms with Gasteiger partial charge >= 0.3 is 7.60 Å². The van der Waals surface area contributed by atoms with Gasteiger partial charge in [-0.3, -0.25) is 4.57 Å². The molecule has 0 heterocycles. The third kappa shape index (κ3) is 5.75. The molecule has 5 heteroatoms. The first-order chi connectivity index (χ1) is 8.11. The summed E-state index contributed by atoms with van der Waals surface area (Å²) in [6.07, 6.45) is 4.65. The van der Waals surface area contributed by atoms with Crippen molar-refractivity contribution < 1.29 is 13.6 Å². The molecule has 0 bridgehead atoms. The number of halogens is 1. The molecular formula is C12H18ClO3P. The Labute approximate surface area is 108 Å². The standard InChI is InChI=1S/C12H18ClO3P/c1-3-15-17(14,16-4-2)9-7-5-6-8-11-10-12(11)13/h5,7,11-12H,3-4,9-10H2,1-2H3/b7-5+/t11-,12-/m1/s1. The third-order valence-electron chi connectivity index (χ3n) is 2.16. The maximum Gasteiger partial charge on any atom is 0.334 e. The zero-order valence-electron chi connectivity index (χ0n) is 10.2. The fourth-order valence-electron chi connectivity index (χ4n) is 1.25. The van der Waals surface area contributed by atoms with E-state index >= 15 is 0 Å². The third-order valence-corrected chi connectivity index (χ3v) is 4.61. The lowest BCUT2D eigenvalue weighted by Crippen LogP contribution is -1.98. The van der Waals surface area contributed by atoms with Crippen molar-refractivity contribution in [3.63, 3.8) is 0 Å². The zero-order chi connectivity index (χ0) is 12.7. The molecule has 0 aromatic carbocycles. The Morgan fingerprint density at radius 1 is 1.41 bits per heavy atom. The molecule has 0 N–H and O–H groups in total. The molecule has 1 aliphatic carbocycles. The van der Waals surface area contributed by atoms with Gasteiger partial charge in [0.05, 0.1) is 19.4 Å². The van der Waals surface area contributed by atoms with Gasteiger partial charge in [0.15, 0.2) is 0 Å². The van der Waals surface area contributed by atoms with E-state index in [4.69, 9.17) is 20.6 Å². The fourth-order valence-corrected chi connectivity index (χ4v) is 2.94. The van der Waals surface area contributed by atoms with Crippen LogP contribution in [0, 0.1) is 17.8 Å². The molecule has 1 aliphatic rings. The summed E-state index contributed by atoms with van der Waals surface area (Å²) >= 11 is 5.81. The van der Waals surface area contributed by atoms with Crippen molar-refractivity contribution in [3.05, 3.63) is 12.2 Å². The highest BCUT2D eigenvalue weighted by Gasteiger charge is 2.33. The summed E-state index contributed by atoms with van der Waals surface area (Å²) in [7, 11) is -2.96. The second-order valence-corrected chi connectivity index (χ2v) is 6.34. The highest BCUT2D eigenvalue weighted by Crippen LogP contribution is 2.47. The van der Waals surface area contributed by atoms with Crippen LogP contribution in [0.25, 0.3) is 0 Å². The van der Waals surface area contributed by atoms with Crippen LogP contribution >= 0.6 is 19.2 Å². The number of rotatable bonds is 6. The Hall–Kier alpha value is -0.260. The van der Waals surface area contributed by atoms with E-state index in [1.165, 1.54) is 0 Å². The lowest BCUT2D eigenvalue weighted by molar-refractivity contribution is 0.222. The van der Waals surface area contributed by atoms with Crippen LogP contribution in [-0.2, 0) is 13.6 Å². The van der Waals surface area contributed by atoms with E-state index in [1.54, 1.807) is 26.0 Å². The Balaban J connectivity index is 2.37. The molecule has 0 saturated heterocycles. The molecule has 0 aromatic heterocycles. The summed E-state index contributed by atoms with van der Waals surface area (Å²) in [5.41, 5.74) is 0. The SMILES string of the molecule is CCOP(=O)(C/C=C/C#C[C@@H]1C[C@H]1Cl)OCC. The van der Waals surface area contributed by atoms with Crippen LogP contribution in [0.4, 0.5) is 0 Å². The van der Waals surface area contributed by atoms with E-state index in [9.17, 15) is 4.57 Å². The number of alkyl halides is 1. The number of allylic oxidation sites excluding steroid dienone is 2. The van der Waals surface area contributed by atoms with Crippen molar-refractivity contribution in [2.75, 3.05) is 19.4 Å². The van der Waals surface area contributed by atoms with Gasteiger partial charge in [0, 0.05) is 11.3 Å². The molecule has 96 valence electrons.